The van der Waals surface area contributed by atoms with Crippen LogP contribution in [0.3, 0.4) is 0 Å². The smallest absolute Gasteiger partial charge is 0.322 e. The molecule has 1 aliphatic rings. The SMILES string of the molecule is CCOC(=O)C(C)NCC1CCCC1O. The van der Waals surface area contributed by atoms with E-state index in [-0.39, 0.29) is 18.1 Å². The van der Waals surface area contributed by atoms with E-state index in [0.29, 0.717) is 19.1 Å². The first-order valence-corrected chi connectivity index (χ1v) is 5.73. The summed E-state index contributed by atoms with van der Waals surface area (Å²) in [6.45, 7) is 4.70. The van der Waals surface area contributed by atoms with E-state index in [1.807, 2.05) is 0 Å². The van der Waals surface area contributed by atoms with E-state index in [4.69, 9.17) is 4.74 Å². The first kappa shape index (κ1) is 12.5. The van der Waals surface area contributed by atoms with Crippen molar-refractivity contribution in [2.75, 3.05) is 13.2 Å². The summed E-state index contributed by atoms with van der Waals surface area (Å²) in [5, 5.41) is 12.7. The van der Waals surface area contributed by atoms with Crippen molar-refractivity contribution in [3.63, 3.8) is 0 Å². The Kier molecular flexibility index (Phi) is 5.05. The van der Waals surface area contributed by atoms with Gasteiger partial charge in [0.15, 0.2) is 0 Å². The molecule has 3 atom stereocenters. The molecule has 2 N–H and O–H groups in total. The Morgan fingerprint density at radius 3 is 2.87 bits per heavy atom. The Labute approximate surface area is 91.0 Å². The lowest BCUT2D eigenvalue weighted by Crippen LogP contribution is -2.39. The van der Waals surface area contributed by atoms with Crippen LogP contribution in [0, 0.1) is 5.92 Å². The third kappa shape index (κ3) is 3.80. The predicted molar refractivity (Wildman–Crippen MR) is 57.4 cm³/mol. The van der Waals surface area contributed by atoms with Crippen molar-refractivity contribution < 1.29 is 14.6 Å². The Morgan fingerprint density at radius 1 is 1.60 bits per heavy atom. The molecule has 1 aliphatic carbocycles. The van der Waals surface area contributed by atoms with Gasteiger partial charge in [0.1, 0.15) is 6.04 Å². The van der Waals surface area contributed by atoms with Crippen molar-refractivity contribution in [1.29, 1.82) is 0 Å². The second-order valence-corrected chi connectivity index (χ2v) is 4.14. The van der Waals surface area contributed by atoms with E-state index in [0.717, 1.165) is 19.3 Å². The number of rotatable bonds is 5. The zero-order valence-electron chi connectivity index (χ0n) is 9.53. The fourth-order valence-electron chi connectivity index (χ4n) is 1.93. The number of hydrogen-bond donors (Lipinski definition) is 2. The van der Waals surface area contributed by atoms with E-state index in [1.165, 1.54) is 0 Å². The van der Waals surface area contributed by atoms with Gasteiger partial charge >= 0.3 is 5.97 Å². The molecule has 0 aromatic carbocycles. The average Bonchev–Trinajstić information content (AvgIpc) is 2.61. The first-order valence-electron chi connectivity index (χ1n) is 5.73. The summed E-state index contributed by atoms with van der Waals surface area (Å²) in [6.07, 6.45) is 2.82. The zero-order chi connectivity index (χ0) is 11.3. The Bertz CT molecular complexity index is 208. The highest BCUT2D eigenvalue weighted by Crippen LogP contribution is 2.24. The third-order valence-electron chi connectivity index (χ3n) is 2.95. The minimum Gasteiger partial charge on any atom is -0.465 e. The predicted octanol–water partition coefficient (Wildman–Crippen LogP) is 0.689. The van der Waals surface area contributed by atoms with Crippen LogP contribution in [0.15, 0.2) is 0 Å². The van der Waals surface area contributed by atoms with Crippen LogP contribution < -0.4 is 5.32 Å². The number of aliphatic hydroxyl groups excluding tert-OH is 1. The number of aliphatic hydroxyl groups is 1. The lowest BCUT2D eigenvalue weighted by molar-refractivity contribution is -0.145. The van der Waals surface area contributed by atoms with E-state index in [2.05, 4.69) is 5.32 Å². The minimum atomic E-state index is -0.280. The lowest BCUT2D eigenvalue weighted by atomic mass is 10.1. The number of carbonyl (C=O) groups is 1. The number of hydrogen-bond acceptors (Lipinski definition) is 4. The van der Waals surface area contributed by atoms with E-state index < -0.39 is 0 Å². The average molecular weight is 215 g/mol. The molecular weight excluding hydrogens is 194 g/mol. The summed E-state index contributed by atoms with van der Waals surface area (Å²) >= 11 is 0. The summed E-state index contributed by atoms with van der Waals surface area (Å²) in [5.74, 6) is 0.0758. The second-order valence-electron chi connectivity index (χ2n) is 4.14. The summed E-state index contributed by atoms with van der Waals surface area (Å²) in [5.41, 5.74) is 0. The maximum Gasteiger partial charge on any atom is 0.322 e. The van der Waals surface area contributed by atoms with Crippen molar-refractivity contribution in [3.8, 4) is 0 Å². The zero-order valence-corrected chi connectivity index (χ0v) is 9.53. The summed E-state index contributed by atoms with van der Waals surface area (Å²) < 4.78 is 4.88. The van der Waals surface area contributed by atoms with Gasteiger partial charge in [-0.15, -0.1) is 0 Å². The van der Waals surface area contributed by atoms with Crippen LogP contribution in [0.25, 0.3) is 0 Å². The fourth-order valence-corrected chi connectivity index (χ4v) is 1.93. The highest BCUT2D eigenvalue weighted by molar-refractivity contribution is 5.75. The standard InChI is InChI=1S/C11H21NO3/c1-3-15-11(14)8(2)12-7-9-5-4-6-10(9)13/h8-10,12-13H,3-7H2,1-2H3. The Balaban J connectivity index is 2.21. The molecule has 1 rings (SSSR count). The van der Waals surface area contributed by atoms with Crippen LogP contribution in [-0.2, 0) is 9.53 Å². The van der Waals surface area contributed by atoms with E-state index >= 15 is 0 Å². The molecule has 0 radical (unpaired) electrons. The molecule has 0 amide bonds. The third-order valence-corrected chi connectivity index (χ3v) is 2.95. The van der Waals surface area contributed by atoms with Gasteiger partial charge in [-0.05, 0) is 32.6 Å². The van der Waals surface area contributed by atoms with Gasteiger partial charge in [0.2, 0.25) is 0 Å². The summed E-state index contributed by atoms with van der Waals surface area (Å²) in [6, 6.07) is -0.280. The Hall–Kier alpha value is -0.610. The molecule has 0 aliphatic heterocycles. The molecule has 1 saturated carbocycles. The number of esters is 1. The van der Waals surface area contributed by atoms with Gasteiger partial charge < -0.3 is 15.2 Å². The number of carbonyl (C=O) groups excluding carboxylic acids is 1. The maximum absolute atomic E-state index is 11.3. The number of nitrogens with one attached hydrogen (secondary N) is 1. The van der Waals surface area contributed by atoms with Crippen LogP contribution in [0.4, 0.5) is 0 Å². The van der Waals surface area contributed by atoms with Gasteiger partial charge in [0.25, 0.3) is 0 Å². The van der Waals surface area contributed by atoms with Crippen molar-refractivity contribution in [3.05, 3.63) is 0 Å². The van der Waals surface area contributed by atoms with E-state index in [1.54, 1.807) is 13.8 Å². The lowest BCUT2D eigenvalue weighted by Gasteiger charge is -2.18. The molecule has 0 aromatic heterocycles. The molecule has 0 heterocycles. The molecule has 1 fully saturated rings. The van der Waals surface area contributed by atoms with Crippen LogP contribution in [0.1, 0.15) is 33.1 Å². The second kappa shape index (κ2) is 6.08. The van der Waals surface area contributed by atoms with Crippen LogP contribution in [0.2, 0.25) is 0 Å². The van der Waals surface area contributed by atoms with Gasteiger partial charge in [-0.1, -0.05) is 6.42 Å². The molecule has 0 aromatic rings. The molecule has 4 heteroatoms. The molecule has 0 spiro atoms. The quantitative estimate of drug-likeness (QED) is 0.662. The number of ether oxygens (including phenoxy) is 1. The minimum absolute atomic E-state index is 0.202. The molecule has 4 nitrogen and oxygen atoms in total. The normalized spacial score (nSPS) is 27.7. The topological polar surface area (TPSA) is 58.6 Å². The fraction of sp³-hybridized carbons (Fsp3) is 0.909. The molecular formula is C11H21NO3. The monoisotopic (exact) mass is 215 g/mol. The highest BCUT2D eigenvalue weighted by Gasteiger charge is 2.26. The molecule has 0 bridgehead atoms. The molecule has 88 valence electrons. The van der Waals surface area contributed by atoms with Crippen LogP contribution >= 0.6 is 0 Å². The summed E-state index contributed by atoms with van der Waals surface area (Å²) in [7, 11) is 0. The van der Waals surface area contributed by atoms with Crippen molar-refractivity contribution in [2.45, 2.75) is 45.3 Å². The summed E-state index contributed by atoms with van der Waals surface area (Å²) in [4.78, 5) is 11.3. The molecule has 15 heavy (non-hydrogen) atoms. The maximum atomic E-state index is 11.3. The largest absolute Gasteiger partial charge is 0.465 e. The molecule has 3 unspecified atom stereocenters. The van der Waals surface area contributed by atoms with Crippen molar-refractivity contribution in [1.82, 2.24) is 5.32 Å². The van der Waals surface area contributed by atoms with Crippen LogP contribution in [-0.4, -0.2) is 36.4 Å². The van der Waals surface area contributed by atoms with E-state index in [9.17, 15) is 9.90 Å². The van der Waals surface area contributed by atoms with Crippen molar-refractivity contribution in [2.24, 2.45) is 5.92 Å². The molecule has 0 saturated heterocycles. The van der Waals surface area contributed by atoms with Gasteiger partial charge in [-0.2, -0.15) is 0 Å². The van der Waals surface area contributed by atoms with Gasteiger partial charge in [-0.25, -0.2) is 0 Å². The Morgan fingerprint density at radius 2 is 2.33 bits per heavy atom. The van der Waals surface area contributed by atoms with Gasteiger partial charge in [0, 0.05) is 6.54 Å². The first-order chi connectivity index (χ1) is 7.15. The van der Waals surface area contributed by atoms with Gasteiger partial charge in [0.05, 0.1) is 12.7 Å². The highest BCUT2D eigenvalue weighted by atomic mass is 16.5. The van der Waals surface area contributed by atoms with Crippen LogP contribution in [0.5, 0.6) is 0 Å². The van der Waals surface area contributed by atoms with Crippen molar-refractivity contribution >= 4 is 5.97 Å². The van der Waals surface area contributed by atoms with Gasteiger partial charge in [-0.3, -0.25) is 4.79 Å².